The van der Waals surface area contributed by atoms with Gasteiger partial charge >= 0.3 is 5.97 Å². The first-order valence-corrected chi connectivity index (χ1v) is 16.0. The molecule has 0 aliphatic carbocycles. The van der Waals surface area contributed by atoms with Gasteiger partial charge in [-0.2, -0.15) is 0 Å². The third-order valence-corrected chi connectivity index (χ3v) is 7.76. The van der Waals surface area contributed by atoms with E-state index >= 15 is 0 Å². The van der Waals surface area contributed by atoms with Gasteiger partial charge in [0.2, 0.25) is 0 Å². The number of carbonyl (C=O) groups excluding carboxylic acids is 1. The van der Waals surface area contributed by atoms with E-state index in [1.54, 1.807) is 0 Å². The minimum absolute atomic E-state index is 0.0477. The van der Waals surface area contributed by atoms with Crippen LogP contribution in [-0.4, -0.2) is 17.7 Å². The predicted molar refractivity (Wildman–Crippen MR) is 164 cm³/mol. The average Bonchev–Trinajstić information content (AvgIpc) is 2.84. The highest BCUT2D eigenvalue weighted by atomic mass is 16.5. The van der Waals surface area contributed by atoms with Gasteiger partial charge in [0.15, 0.2) is 0 Å². The van der Waals surface area contributed by atoms with Crippen molar-refractivity contribution in [1.29, 1.82) is 0 Å². The van der Waals surface area contributed by atoms with Crippen molar-refractivity contribution in [2.75, 3.05) is 6.61 Å². The summed E-state index contributed by atoms with van der Waals surface area (Å²) in [4.78, 5) is 11.1. The number of benzene rings is 1. The number of aryl methyl sites for hydroxylation is 1. The lowest BCUT2D eigenvalue weighted by Gasteiger charge is -2.27. The largest absolute Gasteiger partial charge is 0.507 e. The van der Waals surface area contributed by atoms with Crippen molar-refractivity contribution in [2.24, 2.45) is 0 Å². The van der Waals surface area contributed by atoms with Crippen molar-refractivity contribution >= 4 is 5.97 Å². The van der Waals surface area contributed by atoms with Crippen LogP contribution in [0.1, 0.15) is 174 Å². The molecule has 3 heteroatoms. The molecule has 0 fully saturated rings. The van der Waals surface area contributed by atoms with E-state index in [4.69, 9.17) is 4.74 Å². The van der Waals surface area contributed by atoms with Crippen LogP contribution in [0.25, 0.3) is 0 Å². The van der Waals surface area contributed by atoms with Gasteiger partial charge in [-0.1, -0.05) is 150 Å². The highest BCUT2D eigenvalue weighted by molar-refractivity contribution is 5.68. The molecular weight excluding hydrogens is 468 g/mol. The number of hydrogen-bond donors (Lipinski definition) is 1. The molecule has 1 rings (SSSR count). The van der Waals surface area contributed by atoms with Crippen LogP contribution in [-0.2, 0) is 26.8 Å². The number of esters is 1. The van der Waals surface area contributed by atoms with Crippen LogP contribution < -0.4 is 0 Å². The molecule has 0 amide bonds. The summed E-state index contributed by atoms with van der Waals surface area (Å²) >= 11 is 0. The first kappa shape index (κ1) is 34.5. The maximum absolute atomic E-state index is 11.1. The monoisotopic (exact) mass is 530 g/mol. The Morgan fingerprint density at radius 3 is 1.47 bits per heavy atom. The molecule has 38 heavy (non-hydrogen) atoms. The molecule has 0 aromatic heterocycles. The molecule has 0 aliphatic rings. The maximum Gasteiger partial charge on any atom is 0.305 e. The van der Waals surface area contributed by atoms with Gasteiger partial charge in [0.05, 0.1) is 6.61 Å². The van der Waals surface area contributed by atoms with Crippen molar-refractivity contribution in [2.45, 2.75) is 175 Å². The van der Waals surface area contributed by atoms with E-state index in [0.29, 0.717) is 18.8 Å². The average molecular weight is 531 g/mol. The summed E-state index contributed by atoms with van der Waals surface area (Å²) in [6.07, 6.45) is 22.4. The Hall–Kier alpha value is -1.51. The summed E-state index contributed by atoms with van der Waals surface area (Å²) < 4.78 is 5.11. The van der Waals surface area contributed by atoms with Crippen molar-refractivity contribution in [1.82, 2.24) is 0 Å². The van der Waals surface area contributed by atoms with Gasteiger partial charge in [0.25, 0.3) is 0 Å². The summed E-state index contributed by atoms with van der Waals surface area (Å²) in [5, 5.41) is 11.0. The van der Waals surface area contributed by atoms with Crippen molar-refractivity contribution in [3.63, 3.8) is 0 Å². The third-order valence-electron chi connectivity index (χ3n) is 7.76. The lowest BCUT2D eigenvalue weighted by atomic mass is 9.78. The van der Waals surface area contributed by atoms with E-state index in [9.17, 15) is 9.90 Å². The second-order valence-electron chi connectivity index (χ2n) is 13.5. The number of phenols is 1. The van der Waals surface area contributed by atoms with E-state index in [1.807, 2.05) is 6.92 Å². The van der Waals surface area contributed by atoms with Crippen molar-refractivity contribution in [3.05, 3.63) is 28.8 Å². The molecule has 1 aromatic rings. The molecule has 0 aliphatic heterocycles. The zero-order chi connectivity index (χ0) is 28.4. The maximum atomic E-state index is 11.1. The molecule has 0 heterocycles. The molecule has 0 spiro atoms. The molecular formula is C35H62O3. The molecule has 0 radical (unpaired) electrons. The molecule has 0 bridgehead atoms. The number of hydrogen-bond acceptors (Lipinski definition) is 3. The molecule has 0 saturated carbocycles. The number of ether oxygens (including phenoxy) is 1. The van der Waals surface area contributed by atoms with Gasteiger partial charge in [-0.15, -0.1) is 0 Å². The first-order chi connectivity index (χ1) is 18.0. The van der Waals surface area contributed by atoms with Crippen LogP contribution >= 0.6 is 0 Å². The molecule has 1 N–H and O–H groups in total. The summed E-state index contributed by atoms with van der Waals surface area (Å²) in [5.41, 5.74) is 3.60. The van der Waals surface area contributed by atoms with Gasteiger partial charge < -0.3 is 9.84 Å². The topological polar surface area (TPSA) is 46.5 Å². The highest BCUT2D eigenvalue weighted by Crippen LogP contribution is 2.38. The molecule has 3 nitrogen and oxygen atoms in total. The molecule has 1 aromatic carbocycles. The number of aromatic hydroxyl groups is 1. The number of phenolic OH excluding ortho intramolecular Hbond substituents is 1. The zero-order valence-corrected chi connectivity index (χ0v) is 26.4. The normalized spacial score (nSPS) is 12.2. The summed E-state index contributed by atoms with van der Waals surface area (Å²) in [5.74, 6) is 0.451. The third kappa shape index (κ3) is 15.2. The Bertz CT molecular complexity index is 767. The van der Waals surface area contributed by atoms with Gasteiger partial charge in [0, 0.05) is 6.42 Å². The van der Waals surface area contributed by atoms with E-state index < -0.39 is 0 Å². The van der Waals surface area contributed by atoms with Crippen LogP contribution in [0.15, 0.2) is 12.1 Å². The Labute approximate surface area is 236 Å². The standard InChI is InChI=1S/C35H62O3/c1-8-32(36)38-26-24-22-20-18-16-14-12-10-9-11-13-15-17-19-21-23-25-29-27-30(34(2,3)4)28-31(33(29)37)35(5,6)7/h27-28,37H,8-26H2,1-7H3. The van der Waals surface area contributed by atoms with Crippen molar-refractivity contribution in [3.8, 4) is 5.75 Å². The Morgan fingerprint density at radius 1 is 0.658 bits per heavy atom. The van der Waals surface area contributed by atoms with Crippen LogP contribution in [0.5, 0.6) is 5.75 Å². The molecule has 220 valence electrons. The summed E-state index contributed by atoms with van der Waals surface area (Å²) in [6, 6.07) is 4.47. The molecule has 0 atom stereocenters. The minimum Gasteiger partial charge on any atom is -0.507 e. The number of unbranched alkanes of at least 4 members (excludes halogenated alkanes) is 15. The second-order valence-corrected chi connectivity index (χ2v) is 13.5. The fraction of sp³-hybridized carbons (Fsp3) is 0.800. The quantitative estimate of drug-likeness (QED) is 0.135. The minimum atomic E-state index is -0.0739. The van der Waals surface area contributed by atoms with Crippen molar-refractivity contribution < 1.29 is 14.6 Å². The van der Waals surface area contributed by atoms with Crippen LogP contribution in [0.4, 0.5) is 0 Å². The molecule has 0 saturated heterocycles. The highest BCUT2D eigenvalue weighted by Gasteiger charge is 2.24. The van der Waals surface area contributed by atoms with Gasteiger partial charge in [-0.05, 0) is 46.8 Å². The first-order valence-electron chi connectivity index (χ1n) is 16.0. The second kappa shape index (κ2) is 18.7. The van der Waals surface area contributed by atoms with E-state index in [0.717, 1.165) is 30.4 Å². The zero-order valence-electron chi connectivity index (χ0n) is 26.4. The molecule has 0 unspecified atom stereocenters. The van der Waals surface area contributed by atoms with Crippen LogP contribution in [0.3, 0.4) is 0 Å². The number of carbonyl (C=O) groups is 1. The fourth-order valence-corrected chi connectivity index (χ4v) is 5.07. The summed E-state index contributed by atoms with van der Waals surface area (Å²) in [6.45, 7) is 15.8. The number of rotatable bonds is 20. The lowest BCUT2D eigenvalue weighted by molar-refractivity contribution is -0.143. The van der Waals surface area contributed by atoms with Gasteiger partial charge in [-0.25, -0.2) is 0 Å². The smallest absolute Gasteiger partial charge is 0.305 e. The SMILES string of the molecule is CCC(=O)OCCCCCCCCCCCCCCCCCCc1cc(C(C)(C)C)cc(C(C)(C)C)c1O. The Kier molecular flexibility index (Phi) is 17.0. The summed E-state index contributed by atoms with van der Waals surface area (Å²) in [7, 11) is 0. The van der Waals surface area contributed by atoms with E-state index in [2.05, 4.69) is 53.7 Å². The van der Waals surface area contributed by atoms with Crippen LogP contribution in [0, 0.1) is 0 Å². The van der Waals surface area contributed by atoms with Gasteiger partial charge in [0.1, 0.15) is 5.75 Å². The fourth-order valence-electron chi connectivity index (χ4n) is 5.07. The van der Waals surface area contributed by atoms with Crippen LogP contribution in [0.2, 0.25) is 0 Å². The Balaban J connectivity index is 2.05. The van der Waals surface area contributed by atoms with E-state index in [-0.39, 0.29) is 16.8 Å². The Morgan fingerprint density at radius 2 is 1.08 bits per heavy atom. The predicted octanol–water partition coefficient (Wildman–Crippen LogP) is 10.7. The van der Waals surface area contributed by atoms with Gasteiger partial charge in [-0.3, -0.25) is 4.79 Å². The van der Waals surface area contributed by atoms with E-state index in [1.165, 1.54) is 95.5 Å². The lowest BCUT2D eigenvalue weighted by Crippen LogP contribution is -2.17.